The van der Waals surface area contributed by atoms with Crippen LogP contribution in [0.15, 0.2) is 42.5 Å². The lowest BCUT2D eigenvalue weighted by atomic mass is 9.95. The zero-order valence-corrected chi connectivity index (χ0v) is 14.5. The third-order valence-electron chi connectivity index (χ3n) is 3.99. The molecule has 0 spiro atoms. The fourth-order valence-corrected chi connectivity index (χ4v) is 2.84. The molecule has 0 saturated carbocycles. The van der Waals surface area contributed by atoms with E-state index in [4.69, 9.17) is 21.1 Å². The molecule has 0 bridgehead atoms. The predicted octanol–water partition coefficient (Wildman–Crippen LogP) is 4.24. The fraction of sp³-hybridized carbons (Fsp3) is 0.316. The summed E-state index contributed by atoms with van der Waals surface area (Å²) in [5, 5.41) is 3.71. The molecule has 2 aromatic carbocycles. The van der Waals surface area contributed by atoms with Gasteiger partial charge in [-0.3, -0.25) is 4.79 Å². The van der Waals surface area contributed by atoms with E-state index < -0.39 is 0 Å². The Balaban J connectivity index is 1.82. The molecule has 0 aromatic heterocycles. The van der Waals surface area contributed by atoms with Gasteiger partial charge in [-0.15, -0.1) is 0 Å². The molecule has 1 heterocycles. The van der Waals surface area contributed by atoms with Crippen LogP contribution >= 0.6 is 11.6 Å². The second-order valence-corrected chi connectivity index (χ2v) is 6.54. The molecule has 0 aliphatic carbocycles. The molecule has 1 aliphatic rings. The van der Waals surface area contributed by atoms with E-state index in [1.54, 1.807) is 24.3 Å². The Hall–Kier alpha value is -2.20. The molecular formula is C19H20ClNO3. The van der Waals surface area contributed by atoms with E-state index in [1.807, 2.05) is 18.2 Å². The number of rotatable bonds is 4. The monoisotopic (exact) mass is 345 g/mol. The van der Waals surface area contributed by atoms with Crippen LogP contribution in [0.3, 0.4) is 0 Å². The normalized spacial score (nSPS) is 14.3. The van der Waals surface area contributed by atoms with Crippen LogP contribution < -0.4 is 14.8 Å². The summed E-state index contributed by atoms with van der Waals surface area (Å²) in [6.45, 7) is 5.25. The molecule has 0 unspecified atom stereocenters. The standard InChI is InChI=1S/C19H20ClNO3/c1-12(2)18(21-19(22)13-3-6-15(20)7-4-13)14-5-8-16-17(11-14)24-10-9-23-16/h3-8,11-12,18H,9-10H2,1-2H3,(H,21,22)/t18-/m0/s1. The summed E-state index contributed by atoms with van der Waals surface area (Å²) in [5.74, 6) is 1.57. The Kier molecular flexibility index (Phi) is 4.95. The zero-order valence-electron chi connectivity index (χ0n) is 13.7. The van der Waals surface area contributed by atoms with E-state index in [2.05, 4.69) is 19.2 Å². The topological polar surface area (TPSA) is 47.6 Å². The van der Waals surface area contributed by atoms with Crippen molar-refractivity contribution in [1.29, 1.82) is 0 Å². The van der Waals surface area contributed by atoms with Gasteiger partial charge in [0.05, 0.1) is 6.04 Å². The first-order valence-corrected chi connectivity index (χ1v) is 8.38. The van der Waals surface area contributed by atoms with Gasteiger partial charge in [0, 0.05) is 10.6 Å². The van der Waals surface area contributed by atoms with Gasteiger partial charge in [-0.25, -0.2) is 0 Å². The molecule has 1 aliphatic heterocycles. The fourth-order valence-electron chi connectivity index (χ4n) is 2.71. The highest BCUT2D eigenvalue weighted by Crippen LogP contribution is 2.34. The van der Waals surface area contributed by atoms with Crippen LogP contribution in [0.5, 0.6) is 11.5 Å². The van der Waals surface area contributed by atoms with Gasteiger partial charge >= 0.3 is 0 Å². The van der Waals surface area contributed by atoms with Gasteiger partial charge in [-0.2, -0.15) is 0 Å². The number of fused-ring (bicyclic) bond motifs is 1. The Morgan fingerprint density at radius 3 is 2.38 bits per heavy atom. The van der Waals surface area contributed by atoms with Gasteiger partial charge in [0.25, 0.3) is 5.91 Å². The Bertz CT molecular complexity index is 728. The SMILES string of the molecule is CC(C)[C@H](NC(=O)c1ccc(Cl)cc1)c1ccc2c(c1)OCCO2. The van der Waals surface area contributed by atoms with Gasteiger partial charge in [0.2, 0.25) is 0 Å². The van der Waals surface area contributed by atoms with Crippen molar-refractivity contribution in [1.82, 2.24) is 5.32 Å². The number of benzene rings is 2. The van der Waals surface area contributed by atoms with Crippen molar-refractivity contribution in [3.63, 3.8) is 0 Å². The highest BCUT2D eigenvalue weighted by molar-refractivity contribution is 6.30. The van der Waals surface area contributed by atoms with Gasteiger partial charge in [-0.1, -0.05) is 31.5 Å². The third kappa shape index (κ3) is 3.65. The molecule has 24 heavy (non-hydrogen) atoms. The van der Waals surface area contributed by atoms with Crippen LogP contribution in [-0.2, 0) is 0 Å². The minimum atomic E-state index is -0.125. The quantitative estimate of drug-likeness (QED) is 0.901. The molecule has 3 rings (SSSR count). The maximum Gasteiger partial charge on any atom is 0.251 e. The lowest BCUT2D eigenvalue weighted by molar-refractivity contribution is 0.0925. The maximum atomic E-state index is 12.5. The number of carbonyl (C=O) groups excluding carboxylic acids is 1. The van der Waals surface area contributed by atoms with Crippen LogP contribution in [0.4, 0.5) is 0 Å². The molecule has 1 N–H and O–H groups in total. The maximum absolute atomic E-state index is 12.5. The second kappa shape index (κ2) is 7.14. The molecule has 4 nitrogen and oxygen atoms in total. The van der Waals surface area contributed by atoms with E-state index >= 15 is 0 Å². The predicted molar refractivity (Wildman–Crippen MR) is 93.9 cm³/mol. The summed E-state index contributed by atoms with van der Waals surface area (Å²) in [6.07, 6.45) is 0. The summed E-state index contributed by atoms with van der Waals surface area (Å²) >= 11 is 5.88. The van der Waals surface area contributed by atoms with Crippen molar-refractivity contribution in [3.8, 4) is 11.5 Å². The summed E-state index contributed by atoms with van der Waals surface area (Å²) in [7, 11) is 0. The van der Waals surface area contributed by atoms with Crippen molar-refractivity contribution < 1.29 is 14.3 Å². The van der Waals surface area contributed by atoms with E-state index in [-0.39, 0.29) is 17.9 Å². The number of hydrogen-bond donors (Lipinski definition) is 1. The van der Waals surface area contributed by atoms with Crippen molar-refractivity contribution in [2.75, 3.05) is 13.2 Å². The first-order chi connectivity index (χ1) is 11.5. The first kappa shape index (κ1) is 16.7. The number of amides is 1. The highest BCUT2D eigenvalue weighted by atomic mass is 35.5. The minimum Gasteiger partial charge on any atom is -0.486 e. The molecule has 5 heteroatoms. The third-order valence-corrected chi connectivity index (χ3v) is 4.24. The number of ether oxygens (including phenoxy) is 2. The van der Waals surface area contributed by atoms with Crippen LogP contribution in [0.1, 0.15) is 35.8 Å². The molecule has 0 radical (unpaired) electrons. The minimum absolute atomic E-state index is 0.121. The van der Waals surface area contributed by atoms with Crippen molar-refractivity contribution in [3.05, 3.63) is 58.6 Å². The van der Waals surface area contributed by atoms with Gasteiger partial charge < -0.3 is 14.8 Å². The molecule has 126 valence electrons. The average molecular weight is 346 g/mol. The van der Waals surface area contributed by atoms with Crippen molar-refractivity contribution >= 4 is 17.5 Å². The average Bonchev–Trinajstić information content (AvgIpc) is 2.59. The molecule has 2 aromatic rings. The van der Waals surface area contributed by atoms with E-state index in [9.17, 15) is 4.79 Å². The molecule has 1 amide bonds. The molecule has 0 saturated heterocycles. The van der Waals surface area contributed by atoms with E-state index in [0.29, 0.717) is 23.8 Å². The lowest BCUT2D eigenvalue weighted by Crippen LogP contribution is -2.31. The summed E-state index contributed by atoms with van der Waals surface area (Å²) in [4.78, 5) is 12.5. The number of halogens is 1. The number of carbonyl (C=O) groups is 1. The van der Waals surface area contributed by atoms with Crippen LogP contribution in [0, 0.1) is 5.92 Å². The van der Waals surface area contributed by atoms with Crippen molar-refractivity contribution in [2.24, 2.45) is 5.92 Å². The zero-order chi connectivity index (χ0) is 17.1. The largest absolute Gasteiger partial charge is 0.486 e. The van der Waals surface area contributed by atoms with Gasteiger partial charge in [0.1, 0.15) is 13.2 Å². The Morgan fingerprint density at radius 2 is 1.71 bits per heavy atom. The van der Waals surface area contributed by atoms with E-state index in [1.165, 1.54) is 0 Å². The molecular weight excluding hydrogens is 326 g/mol. The number of nitrogens with one attached hydrogen (secondary N) is 1. The second-order valence-electron chi connectivity index (χ2n) is 6.11. The molecule has 1 atom stereocenters. The highest BCUT2D eigenvalue weighted by Gasteiger charge is 2.22. The lowest BCUT2D eigenvalue weighted by Gasteiger charge is -2.25. The smallest absolute Gasteiger partial charge is 0.251 e. The Morgan fingerprint density at radius 1 is 1.04 bits per heavy atom. The van der Waals surface area contributed by atoms with Gasteiger partial charge in [-0.05, 0) is 47.9 Å². The van der Waals surface area contributed by atoms with Crippen LogP contribution in [0.2, 0.25) is 5.02 Å². The van der Waals surface area contributed by atoms with Crippen molar-refractivity contribution in [2.45, 2.75) is 19.9 Å². The molecule has 0 fully saturated rings. The van der Waals surface area contributed by atoms with Crippen LogP contribution in [0.25, 0.3) is 0 Å². The summed E-state index contributed by atoms with van der Waals surface area (Å²) < 4.78 is 11.2. The number of hydrogen-bond acceptors (Lipinski definition) is 3. The first-order valence-electron chi connectivity index (χ1n) is 8.00. The summed E-state index contributed by atoms with van der Waals surface area (Å²) in [5.41, 5.74) is 1.58. The summed E-state index contributed by atoms with van der Waals surface area (Å²) in [6, 6.07) is 12.6. The Labute approximate surface area is 146 Å². The van der Waals surface area contributed by atoms with Gasteiger partial charge in [0.15, 0.2) is 11.5 Å². The van der Waals surface area contributed by atoms with E-state index in [0.717, 1.165) is 17.1 Å². The van der Waals surface area contributed by atoms with Crippen LogP contribution in [-0.4, -0.2) is 19.1 Å².